The lowest BCUT2D eigenvalue weighted by molar-refractivity contribution is 0.419. The van der Waals surface area contributed by atoms with Crippen LogP contribution in [0.2, 0.25) is 0 Å². The van der Waals surface area contributed by atoms with Gasteiger partial charge in [-0.2, -0.15) is 0 Å². The molecule has 1 aromatic heterocycles. The Morgan fingerprint density at radius 2 is 2.19 bits per heavy atom. The lowest BCUT2D eigenvalue weighted by Gasteiger charge is -2.09. The van der Waals surface area contributed by atoms with Crippen LogP contribution in [0.1, 0.15) is 5.56 Å². The van der Waals surface area contributed by atoms with Crippen LogP contribution in [-0.2, 0) is 0 Å². The summed E-state index contributed by atoms with van der Waals surface area (Å²) in [6.45, 7) is 1.84. The fourth-order valence-corrected chi connectivity index (χ4v) is 1.62. The molecule has 0 spiro atoms. The molecule has 16 heavy (non-hydrogen) atoms. The first kappa shape index (κ1) is 10.6. The number of fused-ring (bicyclic) bond motifs is 1. The first-order chi connectivity index (χ1) is 7.67. The standard InChI is InChI=1S/C11H12FN3O/c1-6-5-7-9(16-2)4-3-8(12)10(7)14-11(6)15-13/h3-5H,13H2,1-2H3,(H,14,15). The summed E-state index contributed by atoms with van der Waals surface area (Å²) in [5.41, 5.74) is 3.51. The van der Waals surface area contributed by atoms with Gasteiger partial charge in [-0.05, 0) is 30.7 Å². The third kappa shape index (κ3) is 1.55. The molecule has 4 nitrogen and oxygen atoms in total. The smallest absolute Gasteiger partial charge is 0.149 e. The van der Waals surface area contributed by atoms with E-state index in [1.165, 1.54) is 13.2 Å². The lowest BCUT2D eigenvalue weighted by atomic mass is 10.1. The number of halogens is 1. The van der Waals surface area contributed by atoms with Gasteiger partial charge in [-0.1, -0.05) is 0 Å². The normalized spacial score (nSPS) is 10.5. The molecule has 0 atom stereocenters. The van der Waals surface area contributed by atoms with Gasteiger partial charge in [-0.25, -0.2) is 15.2 Å². The first-order valence-corrected chi connectivity index (χ1v) is 4.78. The maximum atomic E-state index is 13.6. The zero-order valence-electron chi connectivity index (χ0n) is 9.04. The number of aromatic nitrogens is 1. The Labute approximate surface area is 92.2 Å². The van der Waals surface area contributed by atoms with Gasteiger partial charge in [0.1, 0.15) is 22.9 Å². The zero-order chi connectivity index (χ0) is 11.7. The van der Waals surface area contributed by atoms with Crippen molar-refractivity contribution in [3.8, 4) is 5.75 Å². The maximum Gasteiger partial charge on any atom is 0.149 e. The van der Waals surface area contributed by atoms with Gasteiger partial charge in [0.05, 0.1) is 7.11 Å². The number of aryl methyl sites for hydroxylation is 1. The van der Waals surface area contributed by atoms with Crippen LogP contribution < -0.4 is 16.0 Å². The molecule has 0 radical (unpaired) electrons. The van der Waals surface area contributed by atoms with E-state index in [2.05, 4.69) is 10.4 Å². The van der Waals surface area contributed by atoms with Gasteiger partial charge >= 0.3 is 0 Å². The van der Waals surface area contributed by atoms with Crippen LogP contribution in [0.15, 0.2) is 18.2 Å². The minimum Gasteiger partial charge on any atom is -0.496 e. The second-order valence-electron chi connectivity index (χ2n) is 3.44. The van der Waals surface area contributed by atoms with Crippen LogP contribution in [-0.4, -0.2) is 12.1 Å². The predicted molar refractivity (Wildman–Crippen MR) is 60.8 cm³/mol. The van der Waals surface area contributed by atoms with Crippen molar-refractivity contribution in [3.63, 3.8) is 0 Å². The Morgan fingerprint density at radius 3 is 2.81 bits per heavy atom. The Kier molecular flexibility index (Phi) is 2.62. The molecule has 2 aromatic rings. The molecule has 84 valence electrons. The van der Waals surface area contributed by atoms with Crippen molar-refractivity contribution in [2.75, 3.05) is 12.5 Å². The molecule has 3 N–H and O–H groups in total. The van der Waals surface area contributed by atoms with Crippen LogP contribution in [0.3, 0.4) is 0 Å². The van der Waals surface area contributed by atoms with Crippen molar-refractivity contribution in [2.24, 2.45) is 5.84 Å². The summed E-state index contributed by atoms with van der Waals surface area (Å²) in [5.74, 6) is 5.95. The Morgan fingerprint density at radius 1 is 1.44 bits per heavy atom. The van der Waals surface area contributed by atoms with E-state index in [1.54, 1.807) is 12.1 Å². The average molecular weight is 221 g/mol. The number of benzene rings is 1. The van der Waals surface area contributed by atoms with Gasteiger partial charge in [0, 0.05) is 5.39 Å². The molecule has 0 fully saturated rings. The average Bonchev–Trinajstić information content (AvgIpc) is 2.29. The highest BCUT2D eigenvalue weighted by Gasteiger charge is 2.10. The van der Waals surface area contributed by atoms with Crippen LogP contribution in [0, 0.1) is 12.7 Å². The maximum absolute atomic E-state index is 13.6. The zero-order valence-corrected chi connectivity index (χ0v) is 9.04. The van der Waals surface area contributed by atoms with Crippen LogP contribution in [0.4, 0.5) is 10.2 Å². The Bertz CT molecular complexity index is 542. The largest absolute Gasteiger partial charge is 0.496 e. The molecule has 0 amide bonds. The summed E-state index contributed by atoms with van der Waals surface area (Å²) in [5, 5.41) is 0.638. The summed E-state index contributed by atoms with van der Waals surface area (Å²) >= 11 is 0. The van der Waals surface area contributed by atoms with Crippen molar-refractivity contribution in [1.82, 2.24) is 4.98 Å². The molecule has 2 rings (SSSR count). The summed E-state index contributed by atoms with van der Waals surface area (Å²) < 4.78 is 18.7. The molecular formula is C11H12FN3O. The number of nitrogens with one attached hydrogen (secondary N) is 1. The molecule has 0 saturated carbocycles. The summed E-state index contributed by atoms with van der Waals surface area (Å²) in [4.78, 5) is 4.11. The van der Waals surface area contributed by atoms with Gasteiger partial charge in [0.2, 0.25) is 0 Å². The van der Waals surface area contributed by atoms with Gasteiger partial charge in [-0.3, -0.25) is 0 Å². The molecular weight excluding hydrogens is 209 g/mol. The topological polar surface area (TPSA) is 60.2 Å². The van der Waals surface area contributed by atoms with E-state index >= 15 is 0 Å². The van der Waals surface area contributed by atoms with Crippen molar-refractivity contribution < 1.29 is 9.13 Å². The minimum atomic E-state index is -0.396. The fraction of sp³-hybridized carbons (Fsp3) is 0.182. The number of nitrogens with two attached hydrogens (primary N) is 1. The number of ether oxygens (including phenoxy) is 1. The van der Waals surface area contributed by atoms with Gasteiger partial charge in [0.25, 0.3) is 0 Å². The van der Waals surface area contributed by atoms with E-state index in [0.29, 0.717) is 17.0 Å². The Balaban J connectivity index is 2.82. The number of hydrogen-bond donors (Lipinski definition) is 2. The number of anilines is 1. The van der Waals surface area contributed by atoms with Crippen molar-refractivity contribution in [1.29, 1.82) is 0 Å². The third-order valence-electron chi connectivity index (χ3n) is 2.44. The van der Waals surface area contributed by atoms with E-state index in [1.807, 2.05) is 6.92 Å². The first-order valence-electron chi connectivity index (χ1n) is 4.78. The van der Waals surface area contributed by atoms with Gasteiger partial charge < -0.3 is 10.2 Å². The minimum absolute atomic E-state index is 0.248. The monoisotopic (exact) mass is 221 g/mol. The number of rotatable bonds is 2. The quantitative estimate of drug-likeness (QED) is 0.601. The number of methoxy groups -OCH3 is 1. The SMILES string of the molecule is COc1ccc(F)c2nc(NN)c(C)cc12. The molecule has 0 bridgehead atoms. The highest BCUT2D eigenvalue weighted by atomic mass is 19.1. The van der Waals surface area contributed by atoms with E-state index in [0.717, 1.165) is 5.56 Å². The number of hydrazine groups is 1. The number of nitrogen functional groups attached to an aromatic ring is 1. The third-order valence-corrected chi connectivity index (χ3v) is 2.44. The van der Waals surface area contributed by atoms with Gasteiger partial charge in [-0.15, -0.1) is 0 Å². The summed E-state index contributed by atoms with van der Waals surface area (Å²) in [6, 6.07) is 4.69. The molecule has 0 saturated heterocycles. The highest BCUT2D eigenvalue weighted by Crippen LogP contribution is 2.29. The van der Waals surface area contributed by atoms with E-state index in [4.69, 9.17) is 10.6 Å². The van der Waals surface area contributed by atoms with Crippen molar-refractivity contribution >= 4 is 16.7 Å². The van der Waals surface area contributed by atoms with Crippen LogP contribution in [0.5, 0.6) is 5.75 Å². The lowest BCUT2D eigenvalue weighted by Crippen LogP contribution is -2.10. The number of nitrogens with zero attached hydrogens (tertiary/aromatic N) is 1. The Hall–Kier alpha value is -1.88. The van der Waals surface area contributed by atoms with Crippen molar-refractivity contribution in [2.45, 2.75) is 6.92 Å². The molecule has 0 unspecified atom stereocenters. The van der Waals surface area contributed by atoms with Gasteiger partial charge in [0.15, 0.2) is 0 Å². The van der Waals surface area contributed by atoms with E-state index < -0.39 is 5.82 Å². The van der Waals surface area contributed by atoms with E-state index in [9.17, 15) is 4.39 Å². The molecule has 1 heterocycles. The fourth-order valence-electron chi connectivity index (χ4n) is 1.62. The summed E-state index contributed by atoms with van der Waals surface area (Å²) in [7, 11) is 1.54. The van der Waals surface area contributed by atoms with E-state index in [-0.39, 0.29) is 5.52 Å². The second-order valence-corrected chi connectivity index (χ2v) is 3.44. The second kappa shape index (κ2) is 3.94. The van der Waals surface area contributed by atoms with Crippen LogP contribution in [0.25, 0.3) is 10.9 Å². The van der Waals surface area contributed by atoms with Crippen molar-refractivity contribution in [3.05, 3.63) is 29.6 Å². The summed E-state index contributed by atoms with van der Waals surface area (Å²) in [6.07, 6.45) is 0. The molecule has 1 aromatic carbocycles. The number of hydrogen-bond acceptors (Lipinski definition) is 4. The molecule has 5 heteroatoms. The number of pyridine rings is 1. The predicted octanol–water partition coefficient (Wildman–Crippen LogP) is 1.98. The molecule has 0 aliphatic carbocycles. The highest BCUT2D eigenvalue weighted by molar-refractivity contribution is 5.87. The molecule has 0 aliphatic heterocycles. The van der Waals surface area contributed by atoms with Crippen LogP contribution >= 0.6 is 0 Å². The molecule has 0 aliphatic rings.